The van der Waals surface area contributed by atoms with Gasteiger partial charge < -0.3 is 16.4 Å². The zero-order chi connectivity index (χ0) is 13.8. The third kappa shape index (κ3) is 3.32. The van der Waals surface area contributed by atoms with Crippen LogP contribution in [0, 0.1) is 6.92 Å². The van der Waals surface area contributed by atoms with Crippen molar-refractivity contribution in [3.63, 3.8) is 0 Å². The molecule has 1 saturated heterocycles. The molecule has 1 aliphatic heterocycles. The molecule has 0 aliphatic carbocycles. The number of carbonyl (C=O) groups is 2. The largest absolute Gasteiger partial charge is 0.366 e. The van der Waals surface area contributed by atoms with Crippen molar-refractivity contribution >= 4 is 17.5 Å². The van der Waals surface area contributed by atoms with Crippen molar-refractivity contribution in [1.29, 1.82) is 0 Å². The van der Waals surface area contributed by atoms with Crippen LogP contribution in [0.15, 0.2) is 18.2 Å². The van der Waals surface area contributed by atoms with Crippen molar-refractivity contribution in [3.8, 4) is 0 Å². The Labute approximate surface area is 112 Å². The average Bonchev–Trinajstić information content (AvgIpc) is 2.41. The highest BCUT2D eigenvalue weighted by Crippen LogP contribution is 2.17. The number of carbonyl (C=O) groups excluding carboxylic acids is 2. The third-order valence-corrected chi connectivity index (χ3v) is 3.40. The molecule has 2 rings (SSSR count). The minimum Gasteiger partial charge on any atom is -0.366 e. The van der Waals surface area contributed by atoms with Crippen molar-refractivity contribution in [3.05, 3.63) is 29.3 Å². The second-order valence-electron chi connectivity index (χ2n) is 4.89. The van der Waals surface area contributed by atoms with E-state index in [2.05, 4.69) is 10.6 Å². The Balaban J connectivity index is 2.06. The lowest BCUT2D eigenvalue weighted by molar-refractivity contribution is -0.118. The maximum atomic E-state index is 12.1. The molecule has 5 nitrogen and oxygen atoms in total. The first-order valence-corrected chi connectivity index (χ1v) is 6.52. The van der Waals surface area contributed by atoms with Gasteiger partial charge in [0.25, 0.3) is 0 Å². The van der Waals surface area contributed by atoms with E-state index >= 15 is 0 Å². The Morgan fingerprint density at radius 1 is 1.37 bits per heavy atom. The first-order valence-electron chi connectivity index (χ1n) is 6.52. The summed E-state index contributed by atoms with van der Waals surface area (Å²) in [5, 5.41) is 6.09. The molecular formula is C14H19N3O2. The SMILES string of the molecule is Cc1cc(C(N)=O)ccc1NC(=O)[C@@H]1CCCCN1. The summed E-state index contributed by atoms with van der Waals surface area (Å²) in [6, 6.07) is 4.91. The van der Waals surface area contributed by atoms with Gasteiger partial charge in [-0.2, -0.15) is 0 Å². The number of aryl methyl sites for hydroxylation is 1. The highest BCUT2D eigenvalue weighted by Gasteiger charge is 2.20. The van der Waals surface area contributed by atoms with Gasteiger partial charge in [-0.3, -0.25) is 9.59 Å². The smallest absolute Gasteiger partial charge is 0.248 e. The topological polar surface area (TPSA) is 84.2 Å². The van der Waals surface area contributed by atoms with Crippen LogP contribution >= 0.6 is 0 Å². The fourth-order valence-electron chi connectivity index (χ4n) is 2.25. The van der Waals surface area contributed by atoms with Crippen LogP contribution in [0.4, 0.5) is 5.69 Å². The summed E-state index contributed by atoms with van der Waals surface area (Å²) in [5.74, 6) is -0.482. The predicted octanol–water partition coefficient (Wildman–Crippen LogP) is 1.17. The van der Waals surface area contributed by atoms with Gasteiger partial charge in [0, 0.05) is 11.3 Å². The van der Waals surface area contributed by atoms with Crippen LogP contribution in [0.1, 0.15) is 35.2 Å². The molecule has 1 aromatic carbocycles. The van der Waals surface area contributed by atoms with Gasteiger partial charge in [-0.05, 0) is 50.1 Å². The number of nitrogens with one attached hydrogen (secondary N) is 2. The summed E-state index contributed by atoms with van der Waals surface area (Å²) in [6.07, 6.45) is 3.06. The number of primary amides is 1. The number of rotatable bonds is 3. The standard InChI is InChI=1S/C14H19N3O2/c1-9-8-10(13(15)18)5-6-11(9)17-14(19)12-4-2-3-7-16-12/h5-6,8,12,16H,2-4,7H2,1H3,(H2,15,18)(H,17,19)/t12-/m0/s1. The maximum absolute atomic E-state index is 12.1. The number of benzene rings is 1. The van der Waals surface area contributed by atoms with Gasteiger partial charge in [0.05, 0.1) is 6.04 Å². The molecule has 0 radical (unpaired) electrons. The number of amides is 2. The zero-order valence-electron chi connectivity index (χ0n) is 11.0. The van der Waals surface area contributed by atoms with Gasteiger partial charge in [0.15, 0.2) is 0 Å². The second kappa shape index (κ2) is 5.84. The minimum absolute atomic E-state index is 0.0189. The van der Waals surface area contributed by atoms with E-state index < -0.39 is 5.91 Å². The predicted molar refractivity (Wildman–Crippen MR) is 74.0 cm³/mol. The summed E-state index contributed by atoms with van der Waals surface area (Å²) in [6.45, 7) is 2.73. The van der Waals surface area contributed by atoms with E-state index in [0.29, 0.717) is 5.56 Å². The number of hydrogen-bond donors (Lipinski definition) is 3. The van der Waals surface area contributed by atoms with E-state index in [1.54, 1.807) is 18.2 Å². The number of nitrogens with two attached hydrogens (primary N) is 1. The molecule has 19 heavy (non-hydrogen) atoms. The Bertz CT molecular complexity index is 493. The molecule has 102 valence electrons. The number of piperidine rings is 1. The molecule has 0 bridgehead atoms. The highest BCUT2D eigenvalue weighted by molar-refractivity contribution is 5.97. The molecule has 1 heterocycles. The first kappa shape index (κ1) is 13.5. The Morgan fingerprint density at radius 3 is 2.74 bits per heavy atom. The van der Waals surface area contributed by atoms with Crippen LogP contribution in [0.2, 0.25) is 0 Å². The molecule has 0 aromatic heterocycles. The molecule has 1 aliphatic rings. The van der Waals surface area contributed by atoms with Gasteiger partial charge in [-0.1, -0.05) is 6.42 Å². The molecular weight excluding hydrogens is 242 g/mol. The van der Waals surface area contributed by atoms with Crippen LogP contribution in [0.5, 0.6) is 0 Å². The molecule has 5 heteroatoms. The summed E-state index contributed by atoms with van der Waals surface area (Å²) in [7, 11) is 0. The highest BCUT2D eigenvalue weighted by atomic mass is 16.2. The van der Waals surface area contributed by atoms with Crippen molar-refractivity contribution in [2.45, 2.75) is 32.2 Å². The molecule has 1 aromatic rings. The first-order chi connectivity index (χ1) is 9.08. The Hall–Kier alpha value is -1.88. The van der Waals surface area contributed by atoms with Crippen LogP contribution < -0.4 is 16.4 Å². The van der Waals surface area contributed by atoms with E-state index in [0.717, 1.165) is 37.1 Å². The molecule has 2 amide bonds. The minimum atomic E-state index is -0.463. The van der Waals surface area contributed by atoms with Gasteiger partial charge in [0.1, 0.15) is 0 Å². The van der Waals surface area contributed by atoms with E-state index in [1.165, 1.54) is 0 Å². The van der Waals surface area contributed by atoms with Gasteiger partial charge in [0.2, 0.25) is 11.8 Å². The summed E-state index contributed by atoms with van der Waals surface area (Å²) >= 11 is 0. The fraction of sp³-hybridized carbons (Fsp3) is 0.429. The molecule has 0 saturated carbocycles. The van der Waals surface area contributed by atoms with Gasteiger partial charge in [-0.25, -0.2) is 0 Å². The van der Waals surface area contributed by atoms with Crippen LogP contribution in [-0.2, 0) is 4.79 Å². The fourth-order valence-corrected chi connectivity index (χ4v) is 2.25. The van der Waals surface area contributed by atoms with Crippen LogP contribution in [0.3, 0.4) is 0 Å². The average molecular weight is 261 g/mol. The lowest BCUT2D eigenvalue weighted by atomic mass is 10.0. The van der Waals surface area contributed by atoms with E-state index in [4.69, 9.17) is 5.73 Å². The quantitative estimate of drug-likeness (QED) is 0.763. The molecule has 1 atom stereocenters. The van der Waals surface area contributed by atoms with Crippen LogP contribution in [-0.4, -0.2) is 24.4 Å². The number of hydrogen-bond acceptors (Lipinski definition) is 3. The Morgan fingerprint density at radius 2 is 2.16 bits per heavy atom. The van der Waals surface area contributed by atoms with E-state index in [1.807, 2.05) is 6.92 Å². The second-order valence-corrected chi connectivity index (χ2v) is 4.89. The Kier molecular flexibility index (Phi) is 4.16. The van der Waals surface area contributed by atoms with Crippen LogP contribution in [0.25, 0.3) is 0 Å². The van der Waals surface area contributed by atoms with Crippen molar-refractivity contribution in [2.75, 3.05) is 11.9 Å². The third-order valence-electron chi connectivity index (χ3n) is 3.40. The van der Waals surface area contributed by atoms with Crippen molar-refractivity contribution < 1.29 is 9.59 Å². The lowest BCUT2D eigenvalue weighted by Crippen LogP contribution is -2.43. The van der Waals surface area contributed by atoms with E-state index in [-0.39, 0.29) is 11.9 Å². The van der Waals surface area contributed by atoms with E-state index in [9.17, 15) is 9.59 Å². The molecule has 0 unspecified atom stereocenters. The molecule has 4 N–H and O–H groups in total. The van der Waals surface area contributed by atoms with Gasteiger partial charge in [-0.15, -0.1) is 0 Å². The molecule has 1 fully saturated rings. The van der Waals surface area contributed by atoms with Crippen molar-refractivity contribution in [1.82, 2.24) is 5.32 Å². The summed E-state index contributed by atoms with van der Waals surface area (Å²) < 4.78 is 0. The monoisotopic (exact) mass is 261 g/mol. The van der Waals surface area contributed by atoms with Gasteiger partial charge >= 0.3 is 0 Å². The summed E-state index contributed by atoms with van der Waals surface area (Å²) in [4.78, 5) is 23.1. The zero-order valence-corrected chi connectivity index (χ0v) is 11.0. The molecule has 0 spiro atoms. The normalized spacial score (nSPS) is 18.9. The summed E-state index contributed by atoms with van der Waals surface area (Å²) in [5.41, 5.74) is 7.22. The maximum Gasteiger partial charge on any atom is 0.248 e. The number of anilines is 1. The van der Waals surface area contributed by atoms with Crippen molar-refractivity contribution in [2.24, 2.45) is 5.73 Å². The lowest BCUT2D eigenvalue weighted by Gasteiger charge is -2.23.